The van der Waals surface area contributed by atoms with Gasteiger partial charge in [-0.2, -0.15) is 0 Å². The number of hydrogen-bond acceptors (Lipinski definition) is 4. The van der Waals surface area contributed by atoms with Crippen LogP contribution in [0, 0.1) is 13.8 Å². The molecule has 8 heteroatoms. The molecule has 0 aromatic heterocycles. The van der Waals surface area contributed by atoms with Crippen LogP contribution in [0.3, 0.4) is 0 Å². The molecule has 0 aliphatic heterocycles. The molecule has 0 bridgehead atoms. The van der Waals surface area contributed by atoms with Crippen LogP contribution >= 0.6 is 0 Å². The normalized spacial score (nSPS) is 12.0. The van der Waals surface area contributed by atoms with Gasteiger partial charge >= 0.3 is 0 Å². The lowest BCUT2D eigenvalue weighted by Crippen LogP contribution is -2.54. The van der Waals surface area contributed by atoms with E-state index in [0.29, 0.717) is 5.69 Å². The monoisotopic (exact) mass is 597 g/mol. The Labute approximate surface area is 255 Å². The maximum atomic E-state index is 14.4. The summed E-state index contributed by atoms with van der Waals surface area (Å²) in [6, 6.07) is 31.4. The SMILES string of the molecule is Cc1ccc(CN(C(=O)CN(c2ccccc2)S(=O)(=O)c2ccc(C)cc2)[C@@H](Cc2ccccc2)C(=O)NC(C)C)cc1. The van der Waals surface area contributed by atoms with Crippen molar-refractivity contribution in [3.05, 3.63) is 131 Å². The van der Waals surface area contributed by atoms with Crippen molar-refractivity contribution in [3.8, 4) is 0 Å². The number of aryl methyl sites for hydroxylation is 2. The summed E-state index contributed by atoms with van der Waals surface area (Å²) in [4.78, 5) is 29.7. The Morgan fingerprint density at radius 2 is 1.26 bits per heavy atom. The van der Waals surface area contributed by atoms with Gasteiger partial charge in [-0.15, -0.1) is 0 Å². The van der Waals surface area contributed by atoms with Gasteiger partial charge in [0, 0.05) is 19.0 Å². The van der Waals surface area contributed by atoms with E-state index in [-0.39, 0.29) is 29.8 Å². The molecule has 1 N–H and O–H groups in total. The molecule has 4 aromatic rings. The Balaban J connectivity index is 1.78. The van der Waals surface area contributed by atoms with Crippen LogP contribution in [-0.2, 0) is 32.6 Å². The third-order valence-electron chi connectivity index (χ3n) is 7.11. The van der Waals surface area contributed by atoms with Crippen molar-refractivity contribution in [2.24, 2.45) is 0 Å². The number of para-hydroxylation sites is 1. The smallest absolute Gasteiger partial charge is 0.264 e. The number of hydrogen-bond donors (Lipinski definition) is 1. The molecule has 224 valence electrons. The van der Waals surface area contributed by atoms with Crippen LogP contribution in [-0.4, -0.2) is 43.8 Å². The summed E-state index contributed by atoms with van der Waals surface area (Å²) >= 11 is 0. The van der Waals surface area contributed by atoms with Gasteiger partial charge in [0.15, 0.2) is 0 Å². The first kappa shape index (κ1) is 31.5. The minimum Gasteiger partial charge on any atom is -0.352 e. The molecule has 0 saturated heterocycles. The van der Waals surface area contributed by atoms with E-state index in [2.05, 4.69) is 5.32 Å². The predicted molar refractivity (Wildman–Crippen MR) is 171 cm³/mol. The first-order chi connectivity index (χ1) is 20.5. The molecule has 0 unspecified atom stereocenters. The predicted octanol–water partition coefficient (Wildman–Crippen LogP) is 5.66. The number of anilines is 1. The fraction of sp³-hybridized carbons (Fsp3) is 0.257. The Morgan fingerprint density at radius 1 is 0.721 bits per heavy atom. The number of amides is 2. The van der Waals surface area contributed by atoms with Gasteiger partial charge in [0.25, 0.3) is 10.0 Å². The summed E-state index contributed by atoms with van der Waals surface area (Å²) in [6.45, 7) is 7.26. The van der Waals surface area contributed by atoms with E-state index in [1.54, 1.807) is 54.6 Å². The van der Waals surface area contributed by atoms with Crippen molar-refractivity contribution in [2.75, 3.05) is 10.8 Å². The van der Waals surface area contributed by atoms with Crippen LogP contribution in [0.1, 0.15) is 36.1 Å². The molecule has 0 aliphatic rings. The zero-order valence-corrected chi connectivity index (χ0v) is 25.9. The van der Waals surface area contributed by atoms with Gasteiger partial charge in [-0.3, -0.25) is 13.9 Å². The van der Waals surface area contributed by atoms with Gasteiger partial charge in [-0.1, -0.05) is 96.1 Å². The zero-order valence-electron chi connectivity index (χ0n) is 25.1. The molecule has 0 aliphatic carbocycles. The fourth-order valence-corrected chi connectivity index (χ4v) is 6.20. The van der Waals surface area contributed by atoms with Crippen molar-refractivity contribution >= 4 is 27.5 Å². The van der Waals surface area contributed by atoms with Gasteiger partial charge in [0.2, 0.25) is 11.8 Å². The summed E-state index contributed by atoms with van der Waals surface area (Å²) in [5.74, 6) is -0.785. The van der Waals surface area contributed by atoms with Crippen LogP contribution < -0.4 is 9.62 Å². The van der Waals surface area contributed by atoms with E-state index in [1.807, 2.05) is 82.3 Å². The van der Waals surface area contributed by atoms with Gasteiger partial charge in [0.1, 0.15) is 12.6 Å². The maximum absolute atomic E-state index is 14.4. The van der Waals surface area contributed by atoms with Crippen LogP contribution in [0.15, 0.2) is 114 Å². The minimum atomic E-state index is -4.12. The van der Waals surface area contributed by atoms with Crippen molar-refractivity contribution in [3.63, 3.8) is 0 Å². The lowest BCUT2D eigenvalue weighted by Gasteiger charge is -2.34. The summed E-state index contributed by atoms with van der Waals surface area (Å²) in [6.07, 6.45) is 0.271. The Bertz CT molecular complexity index is 1610. The summed E-state index contributed by atoms with van der Waals surface area (Å²) in [7, 11) is -4.12. The highest BCUT2D eigenvalue weighted by atomic mass is 32.2. The number of carbonyl (C=O) groups excluding carboxylic acids is 2. The first-order valence-electron chi connectivity index (χ1n) is 14.4. The maximum Gasteiger partial charge on any atom is 0.264 e. The molecule has 0 spiro atoms. The number of nitrogens with one attached hydrogen (secondary N) is 1. The second-order valence-electron chi connectivity index (χ2n) is 11.0. The third kappa shape index (κ3) is 8.32. The molecule has 0 saturated carbocycles. The molecular weight excluding hydrogens is 558 g/mol. The second-order valence-corrected chi connectivity index (χ2v) is 12.9. The van der Waals surface area contributed by atoms with Crippen LogP contribution in [0.5, 0.6) is 0 Å². The first-order valence-corrected chi connectivity index (χ1v) is 15.8. The van der Waals surface area contributed by atoms with E-state index in [1.165, 1.54) is 4.90 Å². The number of benzene rings is 4. The molecule has 4 rings (SSSR count). The van der Waals surface area contributed by atoms with E-state index >= 15 is 0 Å². The molecular formula is C35H39N3O4S. The topological polar surface area (TPSA) is 86.8 Å². The lowest BCUT2D eigenvalue weighted by molar-refractivity contribution is -0.140. The van der Waals surface area contributed by atoms with E-state index < -0.39 is 28.5 Å². The molecule has 0 heterocycles. The molecule has 43 heavy (non-hydrogen) atoms. The lowest BCUT2D eigenvalue weighted by atomic mass is 10.0. The van der Waals surface area contributed by atoms with E-state index in [0.717, 1.165) is 26.6 Å². The average Bonchev–Trinajstić information content (AvgIpc) is 2.99. The molecule has 0 fully saturated rings. The molecule has 0 radical (unpaired) electrons. The van der Waals surface area contributed by atoms with Crippen LogP contribution in [0.2, 0.25) is 0 Å². The number of sulfonamides is 1. The highest BCUT2D eigenvalue weighted by molar-refractivity contribution is 7.92. The van der Waals surface area contributed by atoms with Crippen LogP contribution in [0.4, 0.5) is 5.69 Å². The Hall–Kier alpha value is -4.43. The molecule has 2 amide bonds. The van der Waals surface area contributed by atoms with Crippen LogP contribution in [0.25, 0.3) is 0 Å². The summed E-state index contributed by atoms with van der Waals surface area (Å²) in [5, 5.41) is 2.98. The van der Waals surface area contributed by atoms with Gasteiger partial charge < -0.3 is 10.2 Å². The fourth-order valence-electron chi connectivity index (χ4n) is 4.79. The standard InChI is InChI=1S/C35H39N3O4S/c1-26(2)36-35(40)33(23-29-11-7-5-8-12-29)37(24-30-19-15-27(3)16-20-30)34(39)25-38(31-13-9-6-10-14-31)43(41,42)32-21-17-28(4)18-22-32/h5-22,26,33H,23-25H2,1-4H3,(H,36,40)/t33-/m0/s1. The van der Waals surface area contributed by atoms with E-state index in [9.17, 15) is 18.0 Å². The average molecular weight is 598 g/mol. The van der Waals surface area contributed by atoms with Gasteiger partial charge in [0.05, 0.1) is 10.6 Å². The van der Waals surface area contributed by atoms with Gasteiger partial charge in [-0.25, -0.2) is 8.42 Å². The minimum absolute atomic E-state index is 0.0817. The second kappa shape index (κ2) is 14.2. The molecule has 4 aromatic carbocycles. The summed E-state index contributed by atoms with van der Waals surface area (Å²) < 4.78 is 29.2. The quantitative estimate of drug-likeness (QED) is 0.228. The largest absolute Gasteiger partial charge is 0.352 e. The number of carbonyl (C=O) groups is 2. The zero-order chi connectivity index (χ0) is 31.0. The Morgan fingerprint density at radius 3 is 1.81 bits per heavy atom. The van der Waals surface area contributed by atoms with Crippen molar-refractivity contribution in [1.29, 1.82) is 0 Å². The summed E-state index contributed by atoms with van der Waals surface area (Å²) in [5.41, 5.74) is 4.07. The Kier molecular flexibility index (Phi) is 10.4. The van der Waals surface area contributed by atoms with Crippen molar-refractivity contribution < 1.29 is 18.0 Å². The molecule has 1 atom stereocenters. The molecule has 7 nitrogen and oxygen atoms in total. The van der Waals surface area contributed by atoms with Crippen molar-refractivity contribution in [1.82, 2.24) is 10.2 Å². The highest BCUT2D eigenvalue weighted by Gasteiger charge is 2.34. The van der Waals surface area contributed by atoms with Crippen molar-refractivity contribution in [2.45, 2.75) is 57.6 Å². The third-order valence-corrected chi connectivity index (χ3v) is 8.90. The highest BCUT2D eigenvalue weighted by Crippen LogP contribution is 2.25. The number of rotatable bonds is 12. The van der Waals surface area contributed by atoms with E-state index in [4.69, 9.17) is 0 Å². The van der Waals surface area contributed by atoms with Gasteiger partial charge in [-0.05, 0) is 63.1 Å². The number of nitrogens with zero attached hydrogens (tertiary/aromatic N) is 2.